The SMILES string of the molecule is CC(=O)NCCC=Cc1cc(O)c(C(C)=O)cc1C. The van der Waals surface area contributed by atoms with E-state index in [2.05, 4.69) is 5.32 Å². The summed E-state index contributed by atoms with van der Waals surface area (Å²) in [7, 11) is 0. The molecule has 0 aliphatic rings. The zero-order valence-electron chi connectivity index (χ0n) is 11.5. The lowest BCUT2D eigenvalue weighted by Gasteiger charge is -2.06. The van der Waals surface area contributed by atoms with Gasteiger partial charge in [0, 0.05) is 13.5 Å². The van der Waals surface area contributed by atoms with E-state index in [-0.39, 0.29) is 17.4 Å². The van der Waals surface area contributed by atoms with E-state index in [1.807, 2.05) is 19.1 Å². The molecule has 0 aliphatic heterocycles. The summed E-state index contributed by atoms with van der Waals surface area (Å²) in [5, 5.41) is 12.4. The molecule has 0 aromatic heterocycles. The molecule has 0 radical (unpaired) electrons. The second-order valence-corrected chi connectivity index (χ2v) is 4.46. The maximum atomic E-state index is 11.3. The van der Waals surface area contributed by atoms with Crippen LogP contribution in [0.2, 0.25) is 0 Å². The van der Waals surface area contributed by atoms with Crippen molar-refractivity contribution < 1.29 is 14.7 Å². The summed E-state index contributed by atoms with van der Waals surface area (Å²) in [6, 6.07) is 3.27. The van der Waals surface area contributed by atoms with E-state index >= 15 is 0 Å². The fraction of sp³-hybridized carbons (Fsp3) is 0.333. The molecule has 0 heterocycles. The Kier molecular flexibility index (Phi) is 5.30. The van der Waals surface area contributed by atoms with Gasteiger partial charge in [-0.1, -0.05) is 12.2 Å². The van der Waals surface area contributed by atoms with Gasteiger partial charge in [-0.05, 0) is 43.5 Å². The van der Waals surface area contributed by atoms with Gasteiger partial charge in [-0.15, -0.1) is 0 Å². The van der Waals surface area contributed by atoms with Crippen molar-refractivity contribution in [2.75, 3.05) is 6.54 Å². The number of ketones is 1. The van der Waals surface area contributed by atoms with Crippen LogP contribution < -0.4 is 5.32 Å². The third-order valence-electron chi connectivity index (χ3n) is 2.75. The quantitative estimate of drug-likeness (QED) is 0.632. The van der Waals surface area contributed by atoms with E-state index in [0.29, 0.717) is 18.5 Å². The maximum Gasteiger partial charge on any atom is 0.216 e. The highest BCUT2D eigenvalue weighted by molar-refractivity contribution is 5.97. The number of rotatable bonds is 5. The van der Waals surface area contributed by atoms with Crippen LogP contribution in [0.4, 0.5) is 0 Å². The van der Waals surface area contributed by atoms with Crippen molar-refractivity contribution >= 4 is 17.8 Å². The number of aryl methyl sites for hydroxylation is 1. The van der Waals surface area contributed by atoms with Gasteiger partial charge in [0.15, 0.2) is 5.78 Å². The molecule has 1 aromatic rings. The van der Waals surface area contributed by atoms with Gasteiger partial charge in [0.2, 0.25) is 5.91 Å². The summed E-state index contributed by atoms with van der Waals surface area (Å²) in [5.41, 5.74) is 2.14. The summed E-state index contributed by atoms with van der Waals surface area (Å²) in [5.74, 6) is -0.200. The Bertz CT molecular complexity index is 518. The average molecular weight is 261 g/mol. The molecule has 4 heteroatoms. The molecular formula is C15H19NO3. The predicted molar refractivity (Wildman–Crippen MR) is 75.2 cm³/mol. The van der Waals surface area contributed by atoms with Gasteiger partial charge in [0.1, 0.15) is 5.75 Å². The zero-order valence-corrected chi connectivity index (χ0v) is 11.5. The molecule has 0 saturated heterocycles. The lowest BCUT2D eigenvalue weighted by Crippen LogP contribution is -2.20. The molecule has 0 aliphatic carbocycles. The van der Waals surface area contributed by atoms with Crippen molar-refractivity contribution in [1.82, 2.24) is 5.32 Å². The smallest absolute Gasteiger partial charge is 0.216 e. The van der Waals surface area contributed by atoms with Crippen LogP contribution in [0.1, 0.15) is 41.8 Å². The fourth-order valence-corrected chi connectivity index (χ4v) is 1.72. The highest BCUT2D eigenvalue weighted by Gasteiger charge is 2.08. The van der Waals surface area contributed by atoms with E-state index in [4.69, 9.17) is 0 Å². The fourth-order valence-electron chi connectivity index (χ4n) is 1.72. The van der Waals surface area contributed by atoms with Gasteiger partial charge in [0.25, 0.3) is 0 Å². The molecule has 19 heavy (non-hydrogen) atoms. The van der Waals surface area contributed by atoms with E-state index in [1.165, 1.54) is 13.8 Å². The topological polar surface area (TPSA) is 66.4 Å². The minimum atomic E-state index is -0.151. The Morgan fingerprint density at radius 3 is 2.58 bits per heavy atom. The zero-order chi connectivity index (χ0) is 14.4. The molecule has 0 spiro atoms. The summed E-state index contributed by atoms with van der Waals surface area (Å²) >= 11 is 0. The Balaban J connectivity index is 2.74. The molecule has 0 fully saturated rings. The number of carbonyl (C=O) groups is 2. The molecule has 1 aromatic carbocycles. The molecule has 0 saturated carbocycles. The first-order chi connectivity index (χ1) is 8.91. The molecule has 0 unspecified atom stereocenters. The van der Waals surface area contributed by atoms with Crippen LogP contribution >= 0.6 is 0 Å². The number of phenols is 1. The average Bonchev–Trinajstić information content (AvgIpc) is 2.31. The molecule has 1 rings (SSSR count). The number of Topliss-reactive ketones (excluding diaryl/α,β-unsaturated/α-hetero) is 1. The van der Waals surface area contributed by atoms with E-state index in [9.17, 15) is 14.7 Å². The molecule has 102 valence electrons. The predicted octanol–water partition coefficient (Wildman–Crippen LogP) is 2.44. The number of hydrogen-bond acceptors (Lipinski definition) is 3. The maximum absolute atomic E-state index is 11.3. The van der Waals surface area contributed by atoms with Gasteiger partial charge in [-0.3, -0.25) is 9.59 Å². The second kappa shape index (κ2) is 6.73. The lowest BCUT2D eigenvalue weighted by atomic mass is 10.0. The van der Waals surface area contributed by atoms with Crippen molar-refractivity contribution in [2.45, 2.75) is 27.2 Å². The van der Waals surface area contributed by atoms with Crippen LogP contribution in [0.5, 0.6) is 5.75 Å². The normalized spacial score (nSPS) is 10.7. The van der Waals surface area contributed by atoms with Crippen LogP contribution in [-0.2, 0) is 4.79 Å². The van der Waals surface area contributed by atoms with E-state index < -0.39 is 0 Å². The monoisotopic (exact) mass is 261 g/mol. The number of aromatic hydroxyl groups is 1. The van der Waals surface area contributed by atoms with Crippen molar-refractivity contribution in [2.24, 2.45) is 0 Å². The molecule has 0 atom stereocenters. The molecule has 4 nitrogen and oxygen atoms in total. The first-order valence-electron chi connectivity index (χ1n) is 6.17. The van der Waals surface area contributed by atoms with Crippen LogP contribution in [0.15, 0.2) is 18.2 Å². The third-order valence-corrected chi connectivity index (χ3v) is 2.75. The highest BCUT2D eigenvalue weighted by Crippen LogP contribution is 2.23. The first kappa shape index (κ1) is 15.0. The number of phenolic OH excluding ortho intramolecular Hbond substituents is 1. The number of hydrogen-bond donors (Lipinski definition) is 2. The van der Waals surface area contributed by atoms with Gasteiger partial charge >= 0.3 is 0 Å². The van der Waals surface area contributed by atoms with Gasteiger partial charge in [-0.25, -0.2) is 0 Å². The van der Waals surface area contributed by atoms with E-state index in [0.717, 1.165) is 11.1 Å². The number of carbonyl (C=O) groups excluding carboxylic acids is 2. The summed E-state index contributed by atoms with van der Waals surface area (Å²) in [6.07, 6.45) is 4.51. The van der Waals surface area contributed by atoms with Gasteiger partial charge < -0.3 is 10.4 Å². The minimum absolute atomic E-state index is 0.000360. The summed E-state index contributed by atoms with van der Waals surface area (Å²) in [6.45, 7) is 5.38. The number of amides is 1. The van der Waals surface area contributed by atoms with Crippen molar-refractivity contribution in [3.05, 3.63) is 34.9 Å². The summed E-state index contributed by atoms with van der Waals surface area (Å²) < 4.78 is 0. The lowest BCUT2D eigenvalue weighted by molar-refractivity contribution is -0.118. The second-order valence-electron chi connectivity index (χ2n) is 4.46. The van der Waals surface area contributed by atoms with Crippen molar-refractivity contribution in [3.63, 3.8) is 0 Å². The summed E-state index contributed by atoms with van der Waals surface area (Å²) in [4.78, 5) is 22.0. The Morgan fingerprint density at radius 1 is 1.32 bits per heavy atom. The standard InChI is InChI=1S/C15H19NO3/c1-10-8-14(11(2)17)15(19)9-13(10)6-4-5-7-16-12(3)18/h4,6,8-9,19H,5,7H2,1-3H3,(H,16,18). The van der Waals surface area contributed by atoms with Crippen molar-refractivity contribution in [1.29, 1.82) is 0 Å². The number of benzene rings is 1. The Labute approximate surface area is 113 Å². The van der Waals surface area contributed by atoms with Crippen LogP contribution in [0.25, 0.3) is 6.08 Å². The van der Waals surface area contributed by atoms with Crippen molar-refractivity contribution in [3.8, 4) is 5.75 Å². The largest absolute Gasteiger partial charge is 0.507 e. The highest BCUT2D eigenvalue weighted by atomic mass is 16.3. The third kappa shape index (κ3) is 4.58. The minimum Gasteiger partial charge on any atom is -0.507 e. The van der Waals surface area contributed by atoms with Crippen LogP contribution in [-0.4, -0.2) is 23.3 Å². The van der Waals surface area contributed by atoms with Crippen LogP contribution in [0, 0.1) is 6.92 Å². The van der Waals surface area contributed by atoms with Crippen LogP contribution in [0.3, 0.4) is 0 Å². The molecule has 2 N–H and O–H groups in total. The Morgan fingerprint density at radius 2 is 2.00 bits per heavy atom. The van der Waals surface area contributed by atoms with E-state index in [1.54, 1.807) is 12.1 Å². The Hall–Kier alpha value is -2.10. The van der Waals surface area contributed by atoms with Gasteiger partial charge in [-0.2, -0.15) is 0 Å². The first-order valence-corrected chi connectivity index (χ1v) is 6.17. The number of nitrogens with one attached hydrogen (secondary N) is 1. The van der Waals surface area contributed by atoms with Gasteiger partial charge in [0.05, 0.1) is 5.56 Å². The molecular weight excluding hydrogens is 242 g/mol. The molecule has 0 bridgehead atoms. The molecule has 1 amide bonds.